The van der Waals surface area contributed by atoms with E-state index in [9.17, 15) is 0 Å². The average molecular weight is 379 g/mol. The minimum Gasteiger partial charge on any atom is -0.0925 e. The molecule has 1 aliphatic rings. The molecule has 0 heterocycles. The van der Waals surface area contributed by atoms with Crippen molar-refractivity contribution in [2.75, 3.05) is 5.33 Å². The normalized spacial score (nSPS) is 22.9. The maximum atomic E-state index is 3.65. The van der Waals surface area contributed by atoms with Gasteiger partial charge in [0.15, 0.2) is 0 Å². The van der Waals surface area contributed by atoms with Gasteiger partial charge in [0.1, 0.15) is 0 Å². The van der Waals surface area contributed by atoms with Crippen LogP contribution in [-0.2, 0) is 6.42 Å². The van der Waals surface area contributed by atoms with Crippen molar-refractivity contribution in [3.8, 4) is 0 Å². The highest BCUT2D eigenvalue weighted by Crippen LogP contribution is 2.36. The van der Waals surface area contributed by atoms with Gasteiger partial charge in [0, 0.05) is 5.33 Å². The average Bonchev–Trinajstić information content (AvgIpc) is 2.59. The maximum Gasteiger partial charge on any atom is 0.00596 e. The molecule has 0 amide bonds. The zero-order chi connectivity index (χ0) is 16.5. The quantitative estimate of drug-likeness (QED) is 0.308. The molecule has 1 fully saturated rings. The van der Waals surface area contributed by atoms with Gasteiger partial charge in [-0.1, -0.05) is 86.1 Å². The van der Waals surface area contributed by atoms with Crippen LogP contribution in [0.3, 0.4) is 0 Å². The number of benzene rings is 1. The minimum absolute atomic E-state index is 0.811. The van der Waals surface area contributed by atoms with Crippen LogP contribution in [0.4, 0.5) is 0 Å². The van der Waals surface area contributed by atoms with Gasteiger partial charge < -0.3 is 0 Å². The summed E-state index contributed by atoms with van der Waals surface area (Å²) in [6, 6.07) is 9.62. The van der Waals surface area contributed by atoms with Gasteiger partial charge in [0.05, 0.1) is 0 Å². The molecule has 1 heteroatoms. The third kappa shape index (κ3) is 6.61. The summed E-state index contributed by atoms with van der Waals surface area (Å²) in [5.41, 5.74) is 3.11. The maximum absolute atomic E-state index is 3.65. The number of halogens is 1. The molecular formula is C22H35Br. The van der Waals surface area contributed by atoms with Crippen LogP contribution in [0.5, 0.6) is 0 Å². The zero-order valence-corrected chi connectivity index (χ0v) is 16.8. The monoisotopic (exact) mass is 378 g/mol. The van der Waals surface area contributed by atoms with Gasteiger partial charge in [-0.05, 0) is 61.0 Å². The summed E-state index contributed by atoms with van der Waals surface area (Å²) < 4.78 is 0. The second-order valence-electron chi connectivity index (χ2n) is 7.77. The number of hydrogen-bond acceptors (Lipinski definition) is 0. The van der Waals surface area contributed by atoms with Gasteiger partial charge in [0.25, 0.3) is 0 Å². The van der Waals surface area contributed by atoms with Gasteiger partial charge in [0.2, 0.25) is 0 Å². The van der Waals surface area contributed by atoms with Gasteiger partial charge in [-0.15, -0.1) is 0 Å². The fourth-order valence-electron chi connectivity index (χ4n) is 4.00. The first-order valence-corrected chi connectivity index (χ1v) is 11.0. The lowest BCUT2D eigenvalue weighted by molar-refractivity contribution is 0.354. The number of rotatable bonds is 9. The molecule has 0 unspecified atom stereocenters. The number of alkyl halides is 1. The zero-order valence-electron chi connectivity index (χ0n) is 15.2. The van der Waals surface area contributed by atoms with Gasteiger partial charge >= 0.3 is 0 Å². The Morgan fingerprint density at radius 2 is 1.70 bits per heavy atom. The van der Waals surface area contributed by atoms with E-state index < -0.39 is 0 Å². The standard InChI is InChI=1S/C22H35Br/c1-3-4-5-6-7-18(2)16-19-8-12-21(13-9-19)22-14-10-20(17-23)11-15-22/h8-9,12-13,18,20,22H,3-7,10-11,14-17H2,1-2H3/t18-,20?,22?/m0/s1. The molecule has 0 bridgehead atoms. The van der Waals surface area contributed by atoms with Gasteiger partial charge in [-0.25, -0.2) is 0 Å². The summed E-state index contributed by atoms with van der Waals surface area (Å²) in [5.74, 6) is 2.55. The van der Waals surface area contributed by atoms with Crippen molar-refractivity contribution >= 4 is 15.9 Å². The van der Waals surface area contributed by atoms with Crippen LogP contribution < -0.4 is 0 Å². The third-order valence-electron chi connectivity index (χ3n) is 5.65. The summed E-state index contributed by atoms with van der Waals surface area (Å²) in [7, 11) is 0. The fraction of sp³-hybridized carbons (Fsp3) is 0.727. The van der Waals surface area contributed by atoms with Crippen molar-refractivity contribution in [3.63, 3.8) is 0 Å². The van der Waals surface area contributed by atoms with E-state index in [1.807, 2.05) is 0 Å². The first kappa shape index (κ1) is 19.0. The highest BCUT2D eigenvalue weighted by molar-refractivity contribution is 9.09. The third-order valence-corrected chi connectivity index (χ3v) is 6.57. The Hall–Kier alpha value is -0.300. The second kappa shape index (κ2) is 10.5. The molecule has 1 atom stereocenters. The second-order valence-corrected chi connectivity index (χ2v) is 8.42. The Bertz CT molecular complexity index is 414. The van der Waals surface area contributed by atoms with Crippen LogP contribution in [-0.4, -0.2) is 5.33 Å². The Kier molecular flexibility index (Phi) is 8.72. The molecule has 0 aromatic heterocycles. The summed E-state index contributed by atoms with van der Waals surface area (Å²) in [5, 5.41) is 1.19. The smallest absolute Gasteiger partial charge is 0.00596 e. The van der Waals surface area contributed by atoms with E-state index in [-0.39, 0.29) is 0 Å². The molecule has 23 heavy (non-hydrogen) atoms. The summed E-state index contributed by atoms with van der Waals surface area (Å²) >= 11 is 3.65. The SMILES string of the molecule is CCCCCC[C@H](C)Cc1ccc(C2CCC(CBr)CC2)cc1. The summed E-state index contributed by atoms with van der Waals surface area (Å²) in [6.07, 6.45) is 13.7. The Labute approximate surface area is 152 Å². The molecular weight excluding hydrogens is 344 g/mol. The molecule has 0 saturated heterocycles. The van der Waals surface area contributed by atoms with E-state index in [1.165, 1.54) is 75.1 Å². The van der Waals surface area contributed by atoms with E-state index in [2.05, 4.69) is 54.0 Å². The first-order valence-electron chi connectivity index (χ1n) is 9.87. The highest BCUT2D eigenvalue weighted by atomic mass is 79.9. The van der Waals surface area contributed by atoms with Crippen molar-refractivity contribution in [2.24, 2.45) is 11.8 Å². The Morgan fingerprint density at radius 3 is 2.30 bits per heavy atom. The first-order chi connectivity index (χ1) is 11.2. The largest absolute Gasteiger partial charge is 0.0925 e. The lowest BCUT2D eigenvalue weighted by atomic mass is 9.79. The van der Waals surface area contributed by atoms with Crippen molar-refractivity contribution in [1.29, 1.82) is 0 Å². The van der Waals surface area contributed by atoms with Crippen molar-refractivity contribution in [2.45, 2.75) is 84.0 Å². The lowest BCUT2D eigenvalue weighted by Crippen LogP contribution is -2.14. The Balaban J connectivity index is 1.76. The molecule has 0 spiro atoms. The highest BCUT2D eigenvalue weighted by Gasteiger charge is 2.21. The molecule has 1 aromatic carbocycles. The minimum atomic E-state index is 0.811. The molecule has 0 aliphatic heterocycles. The van der Waals surface area contributed by atoms with Crippen molar-refractivity contribution in [3.05, 3.63) is 35.4 Å². The van der Waals surface area contributed by atoms with Crippen LogP contribution in [0.1, 0.15) is 88.7 Å². The van der Waals surface area contributed by atoms with Gasteiger partial charge in [-0.3, -0.25) is 0 Å². The number of hydrogen-bond donors (Lipinski definition) is 0. The van der Waals surface area contributed by atoms with Crippen LogP contribution in [0.2, 0.25) is 0 Å². The number of unbranched alkanes of at least 4 members (excludes halogenated alkanes) is 3. The molecule has 1 aliphatic carbocycles. The molecule has 0 N–H and O–H groups in total. The Morgan fingerprint density at radius 1 is 1.00 bits per heavy atom. The van der Waals surface area contributed by atoms with E-state index in [1.54, 1.807) is 5.56 Å². The predicted molar refractivity (Wildman–Crippen MR) is 107 cm³/mol. The van der Waals surface area contributed by atoms with Crippen LogP contribution in [0, 0.1) is 11.8 Å². The van der Waals surface area contributed by atoms with Crippen molar-refractivity contribution in [1.82, 2.24) is 0 Å². The molecule has 130 valence electrons. The van der Waals surface area contributed by atoms with E-state index in [0.29, 0.717) is 0 Å². The molecule has 0 radical (unpaired) electrons. The topological polar surface area (TPSA) is 0 Å². The van der Waals surface area contributed by atoms with Crippen molar-refractivity contribution < 1.29 is 0 Å². The van der Waals surface area contributed by atoms with E-state index in [4.69, 9.17) is 0 Å². The summed E-state index contributed by atoms with van der Waals surface area (Å²) in [4.78, 5) is 0. The van der Waals surface area contributed by atoms with Crippen LogP contribution >= 0.6 is 15.9 Å². The van der Waals surface area contributed by atoms with Gasteiger partial charge in [-0.2, -0.15) is 0 Å². The molecule has 0 nitrogen and oxygen atoms in total. The molecule has 1 saturated carbocycles. The predicted octanol–water partition coefficient (Wildman–Crippen LogP) is 7.50. The molecule has 1 aromatic rings. The van der Waals surface area contributed by atoms with Crippen LogP contribution in [0.15, 0.2) is 24.3 Å². The van der Waals surface area contributed by atoms with Crippen LogP contribution in [0.25, 0.3) is 0 Å². The lowest BCUT2D eigenvalue weighted by Gasteiger charge is -2.27. The fourth-order valence-corrected chi connectivity index (χ4v) is 4.65. The van der Waals surface area contributed by atoms with E-state index in [0.717, 1.165) is 17.8 Å². The molecule has 2 rings (SSSR count). The summed E-state index contributed by atoms with van der Waals surface area (Å²) in [6.45, 7) is 4.71. The van der Waals surface area contributed by atoms with E-state index >= 15 is 0 Å².